The van der Waals surface area contributed by atoms with E-state index in [1.165, 1.54) is 6.07 Å². The highest BCUT2D eigenvalue weighted by Gasteiger charge is 2.18. The molecule has 2 aromatic rings. The van der Waals surface area contributed by atoms with Crippen LogP contribution in [0.2, 0.25) is 0 Å². The van der Waals surface area contributed by atoms with Crippen LogP contribution in [-0.4, -0.2) is 10.8 Å². The maximum atomic E-state index is 12.2. The molecule has 0 bridgehead atoms. The van der Waals surface area contributed by atoms with Crippen LogP contribution in [0.1, 0.15) is 21.5 Å². The summed E-state index contributed by atoms with van der Waals surface area (Å²) in [6.07, 6.45) is 0. The number of carbonyl (C=O) groups excluding carboxylic acids is 1. The molecule has 2 aromatic carbocycles. The van der Waals surface area contributed by atoms with E-state index in [4.69, 9.17) is 0 Å². The minimum atomic E-state index is -0.500. The van der Waals surface area contributed by atoms with Crippen molar-refractivity contribution in [1.82, 2.24) is 0 Å². The number of carbonyl (C=O) groups is 1. The number of nitrogens with zero attached hydrogens (tertiary/aromatic N) is 1. The molecule has 5 heteroatoms. The van der Waals surface area contributed by atoms with Crippen LogP contribution in [0.15, 0.2) is 42.5 Å². The Morgan fingerprint density at radius 3 is 2.35 bits per heavy atom. The number of hydrogen-bond donors (Lipinski definition) is 1. The third-order valence-corrected chi connectivity index (χ3v) is 3.08. The molecular formula is C15H14N2O3. The van der Waals surface area contributed by atoms with Crippen LogP contribution in [-0.2, 0) is 0 Å². The highest BCUT2D eigenvalue weighted by Crippen LogP contribution is 2.28. The van der Waals surface area contributed by atoms with Crippen LogP contribution in [0.25, 0.3) is 0 Å². The standard InChI is InChI=1S/C15H14N2O3/c1-10-6-3-4-8-12(10)15(18)16-14-11(2)7-5-9-13(14)17(19)20/h3-9H,1-2H3,(H,16,18). The van der Waals surface area contributed by atoms with Crippen molar-refractivity contribution in [1.29, 1.82) is 0 Å². The van der Waals surface area contributed by atoms with Crippen molar-refractivity contribution in [3.8, 4) is 0 Å². The molecule has 1 N–H and O–H groups in total. The van der Waals surface area contributed by atoms with E-state index < -0.39 is 4.92 Å². The topological polar surface area (TPSA) is 72.2 Å². The molecule has 20 heavy (non-hydrogen) atoms. The molecule has 0 atom stereocenters. The summed E-state index contributed by atoms with van der Waals surface area (Å²) in [6.45, 7) is 3.54. The average Bonchev–Trinajstić information content (AvgIpc) is 2.41. The van der Waals surface area contributed by atoms with Gasteiger partial charge in [-0.05, 0) is 31.0 Å². The van der Waals surface area contributed by atoms with Crippen LogP contribution >= 0.6 is 0 Å². The van der Waals surface area contributed by atoms with Crippen molar-refractivity contribution in [2.75, 3.05) is 5.32 Å². The third kappa shape index (κ3) is 2.66. The molecule has 0 aliphatic heterocycles. The second kappa shape index (κ2) is 5.52. The first kappa shape index (κ1) is 13.7. The Hall–Kier alpha value is -2.69. The van der Waals surface area contributed by atoms with E-state index in [-0.39, 0.29) is 17.3 Å². The van der Waals surface area contributed by atoms with Crippen molar-refractivity contribution in [2.45, 2.75) is 13.8 Å². The number of rotatable bonds is 3. The monoisotopic (exact) mass is 270 g/mol. The quantitative estimate of drug-likeness (QED) is 0.685. The number of anilines is 1. The summed E-state index contributed by atoms with van der Waals surface area (Å²) in [5.41, 5.74) is 2.12. The molecule has 0 aliphatic rings. The number of para-hydroxylation sites is 1. The summed E-state index contributed by atoms with van der Waals surface area (Å²) in [5, 5.41) is 13.6. The lowest BCUT2D eigenvalue weighted by Crippen LogP contribution is -2.15. The normalized spacial score (nSPS) is 10.1. The highest BCUT2D eigenvalue weighted by atomic mass is 16.6. The van der Waals surface area contributed by atoms with E-state index in [0.29, 0.717) is 11.1 Å². The van der Waals surface area contributed by atoms with Gasteiger partial charge in [0.05, 0.1) is 4.92 Å². The van der Waals surface area contributed by atoms with Crippen LogP contribution in [0.5, 0.6) is 0 Å². The minimum absolute atomic E-state index is 0.105. The molecule has 102 valence electrons. The van der Waals surface area contributed by atoms with E-state index in [1.807, 2.05) is 19.1 Å². The first-order valence-electron chi connectivity index (χ1n) is 6.11. The molecule has 0 saturated carbocycles. The molecule has 0 radical (unpaired) electrons. The maximum absolute atomic E-state index is 12.2. The first-order chi connectivity index (χ1) is 9.50. The van der Waals surface area contributed by atoms with Gasteiger partial charge in [-0.25, -0.2) is 0 Å². The zero-order valence-electron chi connectivity index (χ0n) is 11.2. The molecule has 0 heterocycles. The molecule has 2 rings (SSSR count). The predicted molar refractivity (Wildman–Crippen MR) is 77.0 cm³/mol. The Morgan fingerprint density at radius 1 is 1.05 bits per heavy atom. The highest BCUT2D eigenvalue weighted by molar-refractivity contribution is 6.06. The van der Waals surface area contributed by atoms with Crippen LogP contribution in [0.4, 0.5) is 11.4 Å². The van der Waals surface area contributed by atoms with Gasteiger partial charge in [-0.1, -0.05) is 30.3 Å². The lowest BCUT2D eigenvalue weighted by Gasteiger charge is -2.10. The van der Waals surface area contributed by atoms with Gasteiger partial charge >= 0.3 is 0 Å². The number of amides is 1. The first-order valence-corrected chi connectivity index (χ1v) is 6.11. The largest absolute Gasteiger partial charge is 0.316 e. The Morgan fingerprint density at radius 2 is 1.70 bits per heavy atom. The number of nitro groups is 1. The van der Waals surface area contributed by atoms with Gasteiger partial charge in [0.15, 0.2) is 0 Å². The van der Waals surface area contributed by atoms with Gasteiger partial charge in [0.25, 0.3) is 11.6 Å². The van der Waals surface area contributed by atoms with Crippen molar-refractivity contribution < 1.29 is 9.72 Å². The summed E-state index contributed by atoms with van der Waals surface area (Å²) < 4.78 is 0. The van der Waals surface area contributed by atoms with Gasteiger partial charge in [-0.3, -0.25) is 14.9 Å². The van der Waals surface area contributed by atoms with E-state index in [0.717, 1.165) is 5.56 Å². The predicted octanol–water partition coefficient (Wildman–Crippen LogP) is 3.46. The second-order valence-electron chi connectivity index (χ2n) is 4.50. The van der Waals surface area contributed by atoms with Crippen molar-refractivity contribution in [2.24, 2.45) is 0 Å². The minimum Gasteiger partial charge on any atom is -0.316 e. The number of benzene rings is 2. The SMILES string of the molecule is Cc1ccccc1C(=O)Nc1c(C)cccc1[N+](=O)[O-]. The van der Waals surface area contributed by atoms with Crippen LogP contribution in [0.3, 0.4) is 0 Å². The number of aryl methyl sites for hydroxylation is 2. The summed E-state index contributed by atoms with van der Waals surface area (Å²) >= 11 is 0. The van der Waals surface area contributed by atoms with Gasteiger partial charge in [0, 0.05) is 11.6 Å². The molecule has 5 nitrogen and oxygen atoms in total. The average molecular weight is 270 g/mol. The van der Waals surface area contributed by atoms with E-state index in [2.05, 4.69) is 5.32 Å². The Balaban J connectivity index is 2.38. The zero-order chi connectivity index (χ0) is 14.7. The lowest BCUT2D eigenvalue weighted by molar-refractivity contribution is -0.383. The number of nitrogens with one attached hydrogen (secondary N) is 1. The number of nitro benzene ring substituents is 1. The van der Waals surface area contributed by atoms with E-state index in [1.54, 1.807) is 31.2 Å². The molecular weight excluding hydrogens is 256 g/mol. The molecule has 0 aliphatic carbocycles. The van der Waals surface area contributed by atoms with Gasteiger partial charge in [-0.15, -0.1) is 0 Å². The Labute approximate surface area is 116 Å². The van der Waals surface area contributed by atoms with Gasteiger partial charge in [0.1, 0.15) is 5.69 Å². The van der Waals surface area contributed by atoms with E-state index >= 15 is 0 Å². The smallest absolute Gasteiger partial charge is 0.293 e. The van der Waals surface area contributed by atoms with Gasteiger partial charge in [0.2, 0.25) is 0 Å². The molecule has 0 fully saturated rings. The Bertz CT molecular complexity index is 681. The van der Waals surface area contributed by atoms with E-state index in [9.17, 15) is 14.9 Å². The molecule has 0 unspecified atom stereocenters. The molecule has 1 amide bonds. The van der Waals surface area contributed by atoms with Crippen LogP contribution < -0.4 is 5.32 Å². The summed E-state index contributed by atoms with van der Waals surface area (Å²) in [6, 6.07) is 11.8. The van der Waals surface area contributed by atoms with Crippen molar-refractivity contribution in [3.63, 3.8) is 0 Å². The fraction of sp³-hybridized carbons (Fsp3) is 0.133. The summed E-state index contributed by atoms with van der Waals surface area (Å²) in [5.74, 6) is -0.347. The summed E-state index contributed by atoms with van der Waals surface area (Å²) in [7, 11) is 0. The zero-order valence-corrected chi connectivity index (χ0v) is 11.2. The van der Waals surface area contributed by atoms with Gasteiger partial charge in [-0.2, -0.15) is 0 Å². The fourth-order valence-electron chi connectivity index (χ4n) is 1.98. The molecule has 0 aromatic heterocycles. The van der Waals surface area contributed by atoms with Crippen molar-refractivity contribution >= 4 is 17.3 Å². The summed E-state index contributed by atoms with van der Waals surface area (Å²) in [4.78, 5) is 22.7. The fourth-order valence-corrected chi connectivity index (χ4v) is 1.98. The Kier molecular flexibility index (Phi) is 3.79. The molecule has 0 saturated heterocycles. The lowest BCUT2D eigenvalue weighted by atomic mass is 10.1. The molecule has 0 spiro atoms. The van der Waals surface area contributed by atoms with Crippen molar-refractivity contribution in [3.05, 3.63) is 69.3 Å². The third-order valence-electron chi connectivity index (χ3n) is 3.08. The van der Waals surface area contributed by atoms with Gasteiger partial charge < -0.3 is 5.32 Å². The number of hydrogen-bond acceptors (Lipinski definition) is 3. The second-order valence-corrected chi connectivity index (χ2v) is 4.50. The maximum Gasteiger partial charge on any atom is 0.293 e. The van der Waals surface area contributed by atoms with Crippen LogP contribution in [0, 0.1) is 24.0 Å².